The van der Waals surface area contributed by atoms with Crippen LogP contribution in [0.1, 0.15) is 41.6 Å². The number of piperidine rings is 1. The SMILES string of the molecule is COc1ccc(C(=O)N2CCCC2)c(OC2CCN(Cc3ccc(O)c(OC)c3)CC2)c1. The number of phenolic OH excluding ortho intramolecular Hbond substituents is 1. The molecule has 2 aliphatic heterocycles. The summed E-state index contributed by atoms with van der Waals surface area (Å²) in [4.78, 5) is 17.3. The van der Waals surface area contributed by atoms with E-state index in [4.69, 9.17) is 14.2 Å². The van der Waals surface area contributed by atoms with Crippen molar-refractivity contribution in [2.45, 2.75) is 38.3 Å². The van der Waals surface area contributed by atoms with Gasteiger partial charge in [0.15, 0.2) is 11.5 Å². The van der Waals surface area contributed by atoms with Gasteiger partial charge >= 0.3 is 0 Å². The number of phenols is 1. The van der Waals surface area contributed by atoms with Crippen molar-refractivity contribution in [3.8, 4) is 23.0 Å². The van der Waals surface area contributed by atoms with Crippen LogP contribution >= 0.6 is 0 Å². The highest BCUT2D eigenvalue weighted by atomic mass is 16.5. The zero-order chi connectivity index (χ0) is 22.5. The number of aromatic hydroxyl groups is 1. The minimum absolute atomic E-state index is 0.0406. The van der Waals surface area contributed by atoms with Gasteiger partial charge in [0.2, 0.25) is 0 Å². The van der Waals surface area contributed by atoms with Gasteiger partial charge in [-0.1, -0.05) is 6.07 Å². The van der Waals surface area contributed by atoms with Crippen molar-refractivity contribution in [2.75, 3.05) is 40.4 Å². The zero-order valence-electron chi connectivity index (χ0n) is 18.9. The molecule has 2 aliphatic rings. The Morgan fingerprint density at radius 2 is 1.72 bits per heavy atom. The number of carbonyl (C=O) groups is 1. The molecule has 1 amide bonds. The monoisotopic (exact) mass is 440 g/mol. The Balaban J connectivity index is 1.38. The highest BCUT2D eigenvalue weighted by Gasteiger charge is 2.26. The molecule has 172 valence electrons. The summed E-state index contributed by atoms with van der Waals surface area (Å²) in [6, 6.07) is 11.0. The number of rotatable bonds is 7. The summed E-state index contributed by atoms with van der Waals surface area (Å²) in [6.07, 6.45) is 3.93. The minimum atomic E-state index is 0.0406. The Morgan fingerprint density at radius 1 is 0.969 bits per heavy atom. The predicted molar refractivity (Wildman–Crippen MR) is 122 cm³/mol. The van der Waals surface area contributed by atoms with Crippen molar-refractivity contribution in [1.29, 1.82) is 0 Å². The van der Waals surface area contributed by atoms with Gasteiger partial charge in [-0.25, -0.2) is 0 Å². The molecule has 2 aromatic carbocycles. The first-order valence-electron chi connectivity index (χ1n) is 11.3. The number of hydrogen-bond acceptors (Lipinski definition) is 6. The molecular weight excluding hydrogens is 408 g/mol. The first-order chi connectivity index (χ1) is 15.6. The number of benzene rings is 2. The van der Waals surface area contributed by atoms with E-state index in [0.29, 0.717) is 22.8 Å². The van der Waals surface area contributed by atoms with Gasteiger partial charge in [0.25, 0.3) is 5.91 Å². The molecule has 7 nitrogen and oxygen atoms in total. The van der Waals surface area contributed by atoms with Crippen molar-refractivity contribution in [2.24, 2.45) is 0 Å². The lowest BCUT2D eigenvalue weighted by Crippen LogP contribution is -2.38. The molecule has 2 heterocycles. The smallest absolute Gasteiger partial charge is 0.257 e. The quantitative estimate of drug-likeness (QED) is 0.708. The lowest BCUT2D eigenvalue weighted by atomic mass is 10.1. The number of carbonyl (C=O) groups excluding carboxylic acids is 1. The Bertz CT molecular complexity index is 934. The first-order valence-corrected chi connectivity index (χ1v) is 11.3. The van der Waals surface area contributed by atoms with Crippen LogP contribution in [-0.2, 0) is 6.54 Å². The molecule has 0 saturated carbocycles. The lowest BCUT2D eigenvalue weighted by Gasteiger charge is -2.32. The summed E-state index contributed by atoms with van der Waals surface area (Å²) in [5.74, 6) is 1.99. The van der Waals surface area contributed by atoms with E-state index in [0.717, 1.165) is 64.0 Å². The molecule has 0 aliphatic carbocycles. The summed E-state index contributed by atoms with van der Waals surface area (Å²) >= 11 is 0. The van der Waals surface area contributed by atoms with E-state index >= 15 is 0 Å². The molecule has 2 aromatic rings. The van der Waals surface area contributed by atoms with Crippen LogP contribution in [0.4, 0.5) is 0 Å². The number of likely N-dealkylation sites (tertiary alicyclic amines) is 2. The second-order valence-corrected chi connectivity index (χ2v) is 8.46. The molecule has 7 heteroatoms. The van der Waals surface area contributed by atoms with Crippen molar-refractivity contribution in [1.82, 2.24) is 9.80 Å². The lowest BCUT2D eigenvalue weighted by molar-refractivity contribution is 0.0764. The molecule has 2 saturated heterocycles. The molecule has 0 radical (unpaired) electrons. The van der Waals surface area contributed by atoms with Gasteiger partial charge in [-0.15, -0.1) is 0 Å². The Kier molecular flexibility index (Phi) is 7.05. The minimum Gasteiger partial charge on any atom is -0.504 e. The Morgan fingerprint density at radius 3 is 2.41 bits per heavy atom. The van der Waals surface area contributed by atoms with Crippen LogP contribution in [-0.4, -0.2) is 67.3 Å². The largest absolute Gasteiger partial charge is 0.504 e. The third-order valence-electron chi connectivity index (χ3n) is 6.29. The second-order valence-electron chi connectivity index (χ2n) is 8.46. The molecule has 4 rings (SSSR count). The summed E-state index contributed by atoms with van der Waals surface area (Å²) < 4.78 is 16.9. The number of ether oxygens (including phenoxy) is 3. The Labute approximate surface area is 189 Å². The van der Waals surface area contributed by atoms with Gasteiger partial charge in [0.1, 0.15) is 17.6 Å². The fourth-order valence-electron chi connectivity index (χ4n) is 4.44. The molecule has 0 bridgehead atoms. The van der Waals surface area contributed by atoms with E-state index in [1.165, 1.54) is 0 Å². The van der Waals surface area contributed by atoms with Crippen molar-refractivity contribution in [3.05, 3.63) is 47.5 Å². The summed E-state index contributed by atoms with van der Waals surface area (Å²) in [5, 5.41) is 9.79. The van der Waals surface area contributed by atoms with Crippen molar-refractivity contribution >= 4 is 5.91 Å². The van der Waals surface area contributed by atoms with E-state index in [9.17, 15) is 9.90 Å². The average Bonchev–Trinajstić information content (AvgIpc) is 3.36. The first kappa shape index (κ1) is 22.3. The third-order valence-corrected chi connectivity index (χ3v) is 6.29. The topological polar surface area (TPSA) is 71.5 Å². The van der Waals surface area contributed by atoms with Crippen molar-refractivity contribution in [3.63, 3.8) is 0 Å². The highest BCUT2D eigenvalue weighted by Crippen LogP contribution is 2.31. The van der Waals surface area contributed by atoms with Gasteiger partial charge in [-0.2, -0.15) is 0 Å². The van der Waals surface area contributed by atoms with Crippen molar-refractivity contribution < 1.29 is 24.1 Å². The highest BCUT2D eigenvalue weighted by molar-refractivity contribution is 5.97. The van der Waals surface area contributed by atoms with E-state index in [-0.39, 0.29) is 17.8 Å². The van der Waals surface area contributed by atoms with Crippen LogP contribution in [0.25, 0.3) is 0 Å². The number of methoxy groups -OCH3 is 2. The van der Waals surface area contributed by atoms with Crippen LogP contribution in [0, 0.1) is 0 Å². The zero-order valence-corrected chi connectivity index (χ0v) is 18.9. The van der Waals surface area contributed by atoms with Crippen LogP contribution in [0.15, 0.2) is 36.4 Å². The van der Waals surface area contributed by atoms with E-state index in [1.807, 2.05) is 35.2 Å². The maximum absolute atomic E-state index is 13.0. The maximum Gasteiger partial charge on any atom is 0.257 e. The fourth-order valence-corrected chi connectivity index (χ4v) is 4.44. The third kappa shape index (κ3) is 5.10. The fraction of sp³-hybridized carbons (Fsp3) is 0.480. The summed E-state index contributed by atoms with van der Waals surface area (Å²) in [6.45, 7) is 4.21. The van der Waals surface area contributed by atoms with Gasteiger partial charge in [0.05, 0.1) is 19.8 Å². The molecule has 0 atom stereocenters. The molecule has 1 N–H and O–H groups in total. The molecule has 32 heavy (non-hydrogen) atoms. The number of hydrogen-bond donors (Lipinski definition) is 1. The Hall–Kier alpha value is -2.93. The van der Waals surface area contributed by atoms with Crippen LogP contribution in [0.5, 0.6) is 23.0 Å². The van der Waals surface area contributed by atoms with Gasteiger partial charge in [-0.3, -0.25) is 9.69 Å². The molecule has 0 unspecified atom stereocenters. The molecule has 2 fully saturated rings. The number of amides is 1. The van der Waals surface area contributed by atoms with Crippen LogP contribution in [0.2, 0.25) is 0 Å². The van der Waals surface area contributed by atoms with Gasteiger partial charge < -0.3 is 24.2 Å². The predicted octanol–water partition coefficient (Wildman–Crippen LogP) is 3.69. The van der Waals surface area contributed by atoms with Gasteiger partial charge in [0, 0.05) is 38.8 Å². The number of nitrogens with zero attached hydrogens (tertiary/aromatic N) is 2. The van der Waals surface area contributed by atoms with E-state index in [2.05, 4.69) is 4.90 Å². The molecule has 0 spiro atoms. The average molecular weight is 441 g/mol. The second kappa shape index (κ2) is 10.1. The van der Waals surface area contributed by atoms with Crippen LogP contribution < -0.4 is 14.2 Å². The van der Waals surface area contributed by atoms with Gasteiger partial charge in [-0.05, 0) is 55.5 Å². The van der Waals surface area contributed by atoms with E-state index < -0.39 is 0 Å². The standard InChI is InChI=1S/C25H32N2O5/c1-30-20-6-7-21(25(29)27-11-3-4-12-27)23(16-20)32-19-9-13-26(14-10-19)17-18-5-8-22(28)24(15-18)31-2/h5-8,15-16,19,28H,3-4,9-14,17H2,1-2H3. The maximum atomic E-state index is 13.0. The summed E-state index contributed by atoms with van der Waals surface area (Å²) in [5.41, 5.74) is 1.72. The summed E-state index contributed by atoms with van der Waals surface area (Å²) in [7, 11) is 3.18. The van der Waals surface area contributed by atoms with E-state index in [1.54, 1.807) is 20.3 Å². The van der Waals surface area contributed by atoms with Crippen LogP contribution in [0.3, 0.4) is 0 Å². The molecular formula is C25H32N2O5. The normalized spacial score (nSPS) is 17.4. The molecule has 0 aromatic heterocycles.